The van der Waals surface area contributed by atoms with Gasteiger partial charge in [-0.05, 0) is 41.6 Å². The smallest absolute Gasteiger partial charge is 0.283 e. The molecular weight excluding hydrogens is 464 g/mol. The topological polar surface area (TPSA) is 105 Å². The van der Waals surface area contributed by atoms with Crippen molar-refractivity contribution in [3.63, 3.8) is 0 Å². The first kappa shape index (κ1) is 21.2. The molecule has 0 atom stereocenters. The van der Waals surface area contributed by atoms with E-state index in [0.29, 0.717) is 38.7 Å². The highest BCUT2D eigenvalue weighted by Gasteiger charge is 2.22. The van der Waals surface area contributed by atoms with Crippen LogP contribution in [0.5, 0.6) is 0 Å². The summed E-state index contributed by atoms with van der Waals surface area (Å²) in [7, 11) is 1.81. The Morgan fingerprint density at radius 2 is 1.88 bits per heavy atom. The summed E-state index contributed by atoms with van der Waals surface area (Å²) in [5, 5.41) is 12.8. The third kappa shape index (κ3) is 3.74. The van der Waals surface area contributed by atoms with Gasteiger partial charge < -0.3 is 0 Å². The van der Waals surface area contributed by atoms with Crippen molar-refractivity contribution in [3.05, 3.63) is 91.8 Å². The Hall–Kier alpha value is -3.70. The van der Waals surface area contributed by atoms with Gasteiger partial charge in [0.2, 0.25) is 5.16 Å². The van der Waals surface area contributed by atoms with Crippen LogP contribution in [-0.4, -0.2) is 39.0 Å². The Balaban J connectivity index is 1.49. The summed E-state index contributed by atoms with van der Waals surface area (Å²) in [6.07, 6.45) is 1.53. The van der Waals surface area contributed by atoms with Gasteiger partial charge in [-0.15, -0.1) is 5.10 Å². The summed E-state index contributed by atoms with van der Waals surface area (Å²) in [5.41, 5.74) is 2.38. The van der Waals surface area contributed by atoms with Crippen LogP contribution in [0.25, 0.3) is 17.0 Å². The molecule has 1 aromatic carbocycles. The second-order valence-corrected chi connectivity index (χ2v) is 8.61. The maximum atomic E-state index is 13.3. The molecule has 10 nitrogen and oxygen atoms in total. The molecule has 0 fully saturated rings. The third-order valence-corrected chi connectivity index (χ3v) is 6.38. The Morgan fingerprint density at radius 1 is 1.09 bits per heavy atom. The zero-order valence-electron chi connectivity index (χ0n) is 17.6. The number of benzene rings is 1. The first-order valence-electron chi connectivity index (χ1n) is 9.87. The standard InChI is InChI=1S/C21H17ClN8O2S/c1-13-19(20(32)30(27(13)2)16-6-4-3-5-7-16)29-21(24-25-26-29)33-12-15-10-18(31)28-11-14(22)8-9-17(28)23-15/h3-11H,12H2,1-2H3. The predicted octanol–water partition coefficient (Wildman–Crippen LogP) is 2.41. The second kappa shape index (κ2) is 8.34. The van der Waals surface area contributed by atoms with Gasteiger partial charge >= 0.3 is 0 Å². The zero-order chi connectivity index (χ0) is 23.1. The molecule has 4 aromatic heterocycles. The molecule has 0 N–H and O–H groups in total. The molecular formula is C21H17ClN8O2S. The lowest BCUT2D eigenvalue weighted by Crippen LogP contribution is -2.22. The van der Waals surface area contributed by atoms with Gasteiger partial charge in [-0.1, -0.05) is 41.6 Å². The van der Waals surface area contributed by atoms with Gasteiger partial charge in [0.05, 0.1) is 22.1 Å². The normalized spacial score (nSPS) is 11.4. The van der Waals surface area contributed by atoms with Crippen LogP contribution >= 0.6 is 23.4 Å². The van der Waals surface area contributed by atoms with Crippen molar-refractivity contribution in [3.8, 4) is 11.4 Å². The minimum absolute atomic E-state index is 0.234. The molecule has 0 unspecified atom stereocenters. The lowest BCUT2D eigenvalue weighted by molar-refractivity contribution is 0.630. The summed E-state index contributed by atoms with van der Waals surface area (Å²) in [6, 6.07) is 14.2. The summed E-state index contributed by atoms with van der Waals surface area (Å²) in [5.74, 6) is 0.341. The summed E-state index contributed by atoms with van der Waals surface area (Å²) in [6.45, 7) is 1.84. The minimum atomic E-state index is -0.241. The number of hydrogen-bond donors (Lipinski definition) is 0. The van der Waals surface area contributed by atoms with E-state index in [0.717, 1.165) is 5.69 Å². The molecule has 0 saturated heterocycles. The monoisotopic (exact) mass is 480 g/mol. The van der Waals surface area contributed by atoms with Crippen LogP contribution in [-0.2, 0) is 12.8 Å². The highest BCUT2D eigenvalue weighted by molar-refractivity contribution is 7.98. The van der Waals surface area contributed by atoms with E-state index in [4.69, 9.17) is 11.6 Å². The molecule has 12 heteroatoms. The van der Waals surface area contributed by atoms with Crippen molar-refractivity contribution in [2.45, 2.75) is 17.8 Å². The molecule has 0 bridgehead atoms. The van der Waals surface area contributed by atoms with Gasteiger partial charge in [-0.2, -0.15) is 4.68 Å². The molecule has 5 rings (SSSR count). The highest BCUT2D eigenvalue weighted by Crippen LogP contribution is 2.23. The number of pyridine rings is 1. The fourth-order valence-corrected chi connectivity index (χ4v) is 4.48. The number of halogens is 1. The number of rotatable bonds is 5. The highest BCUT2D eigenvalue weighted by atomic mass is 35.5. The average molecular weight is 481 g/mol. The molecule has 33 heavy (non-hydrogen) atoms. The maximum absolute atomic E-state index is 13.3. The molecule has 0 amide bonds. The summed E-state index contributed by atoms with van der Waals surface area (Å²) >= 11 is 7.25. The quantitative estimate of drug-likeness (QED) is 0.356. The third-order valence-electron chi connectivity index (χ3n) is 5.20. The van der Waals surface area contributed by atoms with Gasteiger partial charge in [0.1, 0.15) is 5.65 Å². The Labute approximate surface area is 196 Å². The van der Waals surface area contributed by atoms with Gasteiger partial charge in [0.25, 0.3) is 11.1 Å². The van der Waals surface area contributed by atoms with Crippen molar-refractivity contribution in [2.24, 2.45) is 7.05 Å². The van der Waals surface area contributed by atoms with Crippen LogP contribution in [0, 0.1) is 6.92 Å². The molecule has 0 aliphatic carbocycles. The molecule has 0 saturated carbocycles. The molecule has 0 aliphatic rings. The second-order valence-electron chi connectivity index (χ2n) is 7.23. The number of tetrazole rings is 1. The lowest BCUT2D eigenvalue weighted by Gasteiger charge is -2.07. The van der Waals surface area contributed by atoms with Crippen LogP contribution in [0.15, 0.2) is 69.5 Å². The fraction of sp³-hybridized carbons (Fsp3) is 0.143. The van der Waals surface area contributed by atoms with E-state index in [1.165, 1.54) is 33.1 Å². The Morgan fingerprint density at radius 3 is 2.67 bits per heavy atom. The molecule has 0 radical (unpaired) electrons. The maximum Gasteiger partial charge on any atom is 0.297 e. The van der Waals surface area contributed by atoms with Crippen molar-refractivity contribution in [2.75, 3.05) is 0 Å². The molecule has 4 heterocycles. The Bertz CT molecular complexity index is 1600. The van der Waals surface area contributed by atoms with Crippen LogP contribution in [0.3, 0.4) is 0 Å². The summed E-state index contributed by atoms with van der Waals surface area (Å²) < 4.78 is 6.15. The SMILES string of the molecule is Cc1c(-n2nnnc2SCc2cc(=O)n3cc(Cl)ccc3n2)c(=O)n(-c2ccccc2)n1C. The van der Waals surface area contributed by atoms with Crippen LogP contribution < -0.4 is 11.1 Å². The van der Waals surface area contributed by atoms with E-state index in [-0.39, 0.29) is 11.1 Å². The first-order valence-corrected chi connectivity index (χ1v) is 11.2. The number of thioether (sulfide) groups is 1. The van der Waals surface area contributed by atoms with Crippen LogP contribution in [0.4, 0.5) is 0 Å². The van der Waals surface area contributed by atoms with Gasteiger partial charge in [-0.3, -0.25) is 18.7 Å². The number of nitrogens with zero attached hydrogens (tertiary/aromatic N) is 8. The number of para-hydroxylation sites is 1. The number of fused-ring (bicyclic) bond motifs is 1. The van der Waals surface area contributed by atoms with Crippen LogP contribution in [0.1, 0.15) is 11.4 Å². The van der Waals surface area contributed by atoms with Gasteiger partial charge in [0.15, 0.2) is 5.69 Å². The molecule has 0 spiro atoms. The van der Waals surface area contributed by atoms with E-state index in [2.05, 4.69) is 20.5 Å². The first-order chi connectivity index (χ1) is 15.9. The number of aromatic nitrogens is 8. The van der Waals surface area contributed by atoms with E-state index >= 15 is 0 Å². The van der Waals surface area contributed by atoms with Crippen molar-refractivity contribution in [1.29, 1.82) is 0 Å². The average Bonchev–Trinajstić information content (AvgIpc) is 3.35. The van der Waals surface area contributed by atoms with E-state index in [1.54, 1.807) is 21.5 Å². The molecule has 166 valence electrons. The van der Waals surface area contributed by atoms with E-state index in [1.807, 2.05) is 44.3 Å². The fourth-order valence-electron chi connectivity index (χ4n) is 3.55. The van der Waals surface area contributed by atoms with Crippen molar-refractivity contribution in [1.82, 2.24) is 39.0 Å². The van der Waals surface area contributed by atoms with Crippen molar-refractivity contribution >= 4 is 29.0 Å². The lowest BCUT2D eigenvalue weighted by atomic mass is 10.3. The summed E-state index contributed by atoms with van der Waals surface area (Å²) in [4.78, 5) is 30.2. The molecule has 5 aromatic rings. The van der Waals surface area contributed by atoms with Crippen LogP contribution in [0.2, 0.25) is 5.02 Å². The van der Waals surface area contributed by atoms with Crippen molar-refractivity contribution < 1.29 is 0 Å². The Kier molecular flexibility index (Phi) is 5.35. The van der Waals surface area contributed by atoms with E-state index < -0.39 is 0 Å². The number of hydrogen-bond acceptors (Lipinski definition) is 7. The van der Waals surface area contributed by atoms with Gasteiger partial charge in [0, 0.05) is 25.1 Å². The zero-order valence-corrected chi connectivity index (χ0v) is 19.2. The largest absolute Gasteiger partial charge is 0.297 e. The molecule has 0 aliphatic heterocycles. The minimum Gasteiger partial charge on any atom is -0.283 e. The predicted molar refractivity (Wildman–Crippen MR) is 124 cm³/mol. The van der Waals surface area contributed by atoms with E-state index in [9.17, 15) is 9.59 Å². The van der Waals surface area contributed by atoms with Gasteiger partial charge in [-0.25, -0.2) is 9.67 Å².